The zero-order valence-corrected chi connectivity index (χ0v) is 12.4. The molecule has 0 saturated carbocycles. The monoisotopic (exact) mass is 322 g/mol. The maximum absolute atomic E-state index is 12.5. The van der Waals surface area contributed by atoms with Crippen molar-refractivity contribution in [3.63, 3.8) is 0 Å². The Bertz CT molecular complexity index is 795. The Kier molecular flexibility index (Phi) is 3.67. The third-order valence-electron chi connectivity index (χ3n) is 3.63. The van der Waals surface area contributed by atoms with E-state index >= 15 is 0 Å². The van der Waals surface area contributed by atoms with Gasteiger partial charge in [0.05, 0.1) is 16.1 Å². The highest BCUT2D eigenvalue weighted by molar-refractivity contribution is 7.89. The van der Waals surface area contributed by atoms with Crippen LogP contribution in [0.25, 0.3) is 5.69 Å². The molecule has 1 aromatic heterocycles. The van der Waals surface area contributed by atoms with E-state index in [4.69, 9.17) is 0 Å². The number of hydrogen-bond donors (Lipinski definition) is 0. The number of nitro benzene ring substituents is 1. The molecule has 0 radical (unpaired) electrons. The molecule has 8 nitrogen and oxygen atoms in total. The first kappa shape index (κ1) is 14.7. The molecule has 1 aliphatic heterocycles. The van der Waals surface area contributed by atoms with E-state index in [-0.39, 0.29) is 16.3 Å². The molecule has 0 N–H and O–H groups in total. The molecule has 0 bridgehead atoms. The molecule has 2 aromatic rings. The summed E-state index contributed by atoms with van der Waals surface area (Å²) in [7, 11) is -3.68. The van der Waals surface area contributed by atoms with Crippen molar-refractivity contribution in [1.82, 2.24) is 13.9 Å². The second-order valence-corrected chi connectivity index (χ2v) is 6.93. The number of hydrogen-bond acceptors (Lipinski definition) is 5. The van der Waals surface area contributed by atoms with Crippen LogP contribution in [-0.4, -0.2) is 40.3 Å². The molecule has 1 fully saturated rings. The SMILES string of the molecule is O=[N+]([O-])c1cc(S(=O)(=O)N2CCCC2)ccc1-n1ccnc1. The molecule has 0 unspecified atom stereocenters. The van der Waals surface area contributed by atoms with Crippen LogP contribution in [0, 0.1) is 10.1 Å². The van der Waals surface area contributed by atoms with Crippen molar-refractivity contribution in [1.29, 1.82) is 0 Å². The maximum atomic E-state index is 12.5. The summed E-state index contributed by atoms with van der Waals surface area (Å²) in [4.78, 5) is 14.5. The zero-order chi connectivity index (χ0) is 15.7. The highest BCUT2D eigenvalue weighted by atomic mass is 32.2. The Balaban J connectivity index is 2.08. The van der Waals surface area contributed by atoms with Gasteiger partial charge >= 0.3 is 0 Å². The first-order valence-corrected chi connectivity index (χ1v) is 8.21. The van der Waals surface area contributed by atoms with Crippen molar-refractivity contribution in [2.24, 2.45) is 0 Å². The van der Waals surface area contributed by atoms with E-state index in [0.717, 1.165) is 18.9 Å². The van der Waals surface area contributed by atoms with Crippen molar-refractivity contribution in [3.8, 4) is 5.69 Å². The normalized spacial score (nSPS) is 16.0. The summed E-state index contributed by atoms with van der Waals surface area (Å²) in [6.07, 6.45) is 6.12. The minimum absolute atomic E-state index is 0.0510. The molecule has 0 aliphatic carbocycles. The van der Waals surface area contributed by atoms with Crippen LogP contribution in [0.3, 0.4) is 0 Å². The smallest absolute Gasteiger partial charge is 0.294 e. The van der Waals surface area contributed by atoms with Crippen LogP contribution < -0.4 is 0 Å². The third kappa shape index (κ3) is 2.48. The maximum Gasteiger partial charge on any atom is 0.294 e. The molecule has 0 spiro atoms. The van der Waals surface area contributed by atoms with E-state index in [0.29, 0.717) is 13.1 Å². The van der Waals surface area contributed by atoms with Crippen LogP contribution in [0.15, 0.2) is 41.8 Å². The van der Waals surface area contributed by atoms with Crippen LogP contribution in [0.5, 0.6) is 0 Å². The van der Waals surface area contributed by atoms with Crippen LogP contribution in [0.4, 0.5) is 5.69 Å². The van der Waals surface area contributed by atoms with E-state index in [1.54, 1.807) is 6.20 Å². The highest BCUT2D eigenvalue weighted by Gasteiger charge is 2.29. The van der Waals surface area contributed by atoms with Gasteiger partial charge in [0.2, 0.25) is 10.0 Å². The lowest BCUT2D eigenvalue weighted by Gasteiger charge is -2.15. The van der Waals surface area contributed by atoms with Crippen LogP contribution in [0.1, 0.15) is 12.8 Å². The summed E-state index contributed by atoms with van der Waals surface area (Å²) in [6, 6.07) is 3.95. The Labute approximate surface area is 127 Å². The number of rotatable bonds is 4. The molecule has 1 saturated heterocycles. The fourth-order valence-corrected chi connectivity index (χ4v) is 4.05. The largest absolute Gasteiger partial charge is 0.300 e. The van der Waals surface area contributed by atoms with E-state index in [9.17, 15) is 18.5 Å². The molecule has 9 heteroatoms. The molecule has 0 atom stereocenters. The second kappa shape index (κ2) is 5.50. The number of nitro groups is 1. The van der Waals surface area contributed by atoms with Crippen LogP contribution >= 0.6 is 0 Å². The number of sulfonamides is 1. The number of nitrogens with zero attached hydrogens (tertiary/aromatic N) is 4. The lowest BCUT2D eigenvalue weighted by atomic mass is 10.2. The predicted octanol–water partition coefficient (Wildman–Crippen LogP) is 1.56. The van der Waals surface area contributed by atoms with Gasteiger partial charge in [-0.2, -0.15) is 4.31 Å². The number of benzene rings is 1. The van der Waals surface area contributed by atoms with Crippen molar-refractivity contribution in [2.45, 2.75) is 17.7 Å². The summed E-state index contributed by atoms with van der Waals surface area (Å²) in [5.74, 6) is 0. The second-order valence-electron chi connectivity index (χ2n) is 4.99. The van der Waals surface area contributed by atoms with E-state index in [1.165, 1.54) is 33.5 Å². The third-order valence-corrected chi connectivity index (χ3v) is 5.52. The summed E-state index contributed by atoms with van der Waals surface area (Å²) >= 11 is 0. The molecular weight excluding hydrogens is 308 g/mol. The summed E-state index contributed by atoms with van der Waals surface area (Å²) in [5.41, 5.74) is 0.0149. The van der Waals surface area contributed by atoms with Gasteiger partial charge in [-0.3, -0.25) is 10.1 Å². The molecule has 3 rings (SSSR count). The number of imidazole rings is 1. The predicted molar refractivity (Wildman–Crippen MR) is 78.2 cm³/mol. The lowest BCUT2D eigenvalue weighted by Crippen LogP contribution is -2.27. The Hall–Kier alpha value is -2.26. The fourth-order valence-electron chi connectivity index (χ4n) is 2.51. The molecular formula is C13H14N4O4S. The Morgan fingerprint density at radius 2 is 1.95 bits per heavy atom. The van der Waals surface area contributed by atoms with Crippen molar-refractivity contribution >= 4 is 15.7 Å². The van der Waals surface area contributed by atoms with E-state index < -0.39 is 14.9 Å². The van der Waals surface area contributed by atoms with Gasteiger partial charge in [-0.15, -0.1) is 0 Å². The van der Waals surface area contributed by atoms with Crippen molar-refractivity contribution < 1.29 is 13.3 Å². The summed E-state index contributed by atoms with van der Waals surface area (Å²) < 4.78 is 27.8. The molecule has 2 heterocycles. The molecule has 116 valence electrons. The molecule has 0 amide bonds. The van der Waals surface area contributed by atoms with Gasteiger partial charge in [0.25, 0.3) is 5.69 Å². The van der Waals surface area contributed by atoms with Gasteiger partial charge < -0.3 is 4.57 Å². The average Bonchev–Trinajstić information content (AvgIpc) is 3.20. The van der Waals surface area contributed by atoms with Gasteiger partial charge in [-0.25, -0.2) is 13.4 Å². The summed E-state index contributed by atoms with van der Waals surface area (Å²) in [6.45, 7) is 0.915. The molecule has 1 aliphatic rings. The van der Waals surface area contributed by atoms with Gasteiger partial charge in [-0.05, 0) is 25.0 Å². The lowest BCUT2D eigenvalue weighted by molar-refractivity contribution is -0.384. The van der Waals surface area contributed by atoms with Gasteiger partial charge in [0, 0.05) is 31.5 Å². The standard InChI is InChI=1S/C13H14N4O4S/c18-17(19)13-9-11(22(20,21)16-6-1-2-7-16)3-4-12(13)15-8-5-14-10-15/h3-5,8-10H,1-2,6-7H2. The quantitative estimate of drug-likeness (QED) is 0.628. The fraction of sp³-hybridized carbons (Fsp3) is 0.308. The average molecular weight is 322 g/mol. The van der Waals surface area contributed by atoms with E-state index in [2.05, 4.69) is 4.98 Å². The van der Waals surface area contributed by atoms with Gasteiger partial charge in [0.15, 0.2) is 0 Å². The first-order valence-electron chi connectivity index (χ1n) is 6.77. The number of aromatic nitrogens is 2. The Morgan fingerprint density at radius 1 is 1.23 bits per heavy atom. The minimum Gasteiger partial charge on any atom is -0.300 e. The van der Waals surface area contributed by atoms with Gasteiger partial charge in [0.1, 0.15) is 5.69 Å². The van der Waals surface area contributed by atoms with Crippen LogP contribution in [0.2, 0.25) is 0 Å². The van der Waals surface area contributed by atoms with E-state index in [1.807, 2.05) is 0 Å². The Morgan fingerprint density at radius 3 is 2.55 bits per heavy atom. The first-order chi connectivity index (χ1) is 10.5. The van der Waals surface area contributed by atoms with Crippen LogP contribution in [-0.2, 0) is 10.0 Å². The molecule has 1 aromatic carbocycles. The topological polar surface area (TPSA) is 98.3 Å². The zero-order valence-electron chi connectivity index (χ0n) is 11.6. The minimum atomic E-state index is -3.68. The summed E-state index contributed by atoms with van der Waals surface area (Å²) in [5, 5.41) is 11.3. The van der Waals surface area contributed by atoms with Gasteiger partial charge in [-0.1, -0.05) is 0 Å². The van der Waals surface area contributed by atoms with Crippen molar-refractivity contribution in [2.75, 3.05) is 13.1 Å². The highest BCUT2D eigenvalue weighted by Crippen LogP contribution is 2.29. The molecule has 22 heavy (non-hydrogen) atoms. The van der Waals surface area contributed by atoms with Crippen molar-refractivity contribution in [3.05, 3.63) is 47.0 Å².